The Bertz CT molecular complexity index is 398. The molecule has 0 spiro atoms. The topological polar surface area (TPSA) is 75.4 Å². The van der Waals surface area contributed by atoms with Gasteiger partial charge < -0.3 is 10.4 Å². The fraction of sp³-hybridized carbons (Fsp3) is 0.455. The van der Waals surface area contributed by atoms with Crippen LogP contribution in [0, 0.1) is 10.1 Å². The zero-order valence-electron chi connectivity index (χ0n) is 9.52. The maximum atomic E-state index is 10.8. The molecule has 1 unspecified atom stereocenters. The Labute approximate surface area is 105 Å². The molecule has 17 heavy (non-hydrogen) atoms. The van der Waals surface area contributed by atoms with Crippen LogP contribution in [0.2, 0.25) is 5.02 Å². The number of hydrogen-bond acceptors (Lipinski definition) is 4. The number of benzene rings is 1. The van der Waals surface area contributed by atoms with Crippen LogP contribution in [0.25, 0.3) is 0 Å². The quantitative estimate of drug-likeness (QED) is 0.608. The van der Waals surface area contributed by atoms with Crippen molar-refractivity contribution in [1.29, 1.82) is 0 Å². The van der Waals surface area contributed by atoms with Gasteiger partial charge in [-0.25, -0.2) is 0 Å². The van der Waals surface area contributed by atoms with Crippen LogP contribution in [0.5, 0.6) is 0 Å². The molecule has 0 bridgehead atoms. The summed E-state index contributed by atoms with van der Waals surface area (Å²) in [5.41, 5.74) is 0.176. The molecule has 6 heteroatoms. The molecule has 5 nitrogen and oxygen atoms in total. The third-order valence-corrected chi connectivity index (χ3v) is 2.64. The average Bonchev–Trinajstić information content (AvgIpc) is 2.27. The molecule has 0 aliphatic rings. The summed E-state index contributed by atoms with van der Waals surface area (Å²) in [5, 5.41) is 23.4. The van der Waals surface area contributed by atoms with E-state index in [9.17, 15) is 15.2 Å². The Morgan fingerprint density at radius 3 is 2.88 bits per heavy atom. The van der Waals surface area contributed by atoms with Crippen LogP contribution in [-0.2, 0) is 0 Å². The lowest BCUT2D eigenvalue weighted by Crippen LogP contribution is -2.19. The van der Waals surface area contributed by atoms with Crippen molar-refractivity contribution in [3.8, 4) is 0 Å². The first kappa shape index (κ1) is 13.7. The second-order valence-corrected chi connectivity index (χ2v) is 4.12. The van der Waals surface area contributed by atoms with E-state index in [1.54, 1.807) is 6.07 Å². The number of nitro benzene ring substituents is 1. The molecule has 0 saturated carbocycles. The first-order chi connectivity index (χ1) is 8.06. The van der Waals surface area contributed by atoms with E-state index in [2.05, 4.69) is 5.32 Å². The number of nitro groups is 1. The van der Waals surface area contributed by atoms with E-state index < -0.39 is 11.0 Å². The van der Waals surface area contributed by atoms with Crippen molar-refractivity contribution in [3.63, 3.8) is 0 Å². The average molecular weight is 259 g/mol. The minimum atomic E-state index is -0.532. The number of aliphatic hydroxyl groups is 1. The summed E-state index contributed by atoms with van der Waals surface area (Å²) < 4.78 is 0. The maximum Gasteiger partial charge on any atom is 0.293 e. The van der Waals surface area contributed by atoms with Gasteiger partial charge in [-0.1, -0.05) is 31.0 Å². The highest BCUT2D eigenvalue weighted by Crippen LogP contribution is 2.31. The number of halogens is 1. The highest BCUT2D eigenvalue weighted by molar-refractivity contribution is 6.33. The van der Waals surface area contributed by atoms with E-state index >= 15 is 0 Å². The van der Waals surface area contributed by atoms with Crippen molar-refractivity contribution in [2.45, 2.75) is 25.9 Å². The van der Waals surface area contributed by atoms with Gasteiger partial charge in [0.1, 0.15) is 5.69 Å². The Kier molecular flexibility index (Phi) is 5.18. The Balaban J connectivity index is 2.79. The summed E-state index contributed by atoms with van der Waals surface area (Å²) in [6.45, 7) is 2.21. The van der Waals surface area contributed by atoms with Crippen LogP contribution in [0.4, 0.5) is 11.4 Å². The van der Waals surface area contributed by atoms with Crippen molar-refractivity contribution in [2.24, 2.45) is 0 Å². The molecular weight excluding hydrogens is 244 g/mol. The predicted molar refractivity (Wildman–Crippen MR) is 67.5 cm³/mol. The Morgan fingerprint density at radius 2 is 2.29 bits per heavy atom. The number of rotatable bonds is 6. The van der Waals surface area contributed by atoms with E-state index in [-0.39, 0.29) is 22.9 Å². The van der Waals surface area contributed by atoms with Gasteiger partial charge in [-0.3, -0.25) is 10.1 Å². The standard InChI is InChI=1S/C11H15ClN2O3/c1-2-4-8(15)7-13-11-9(12)5-3-6-10(11)14(16)17/h3,5-6,8,13,15H,2,4,7H2,1H3. The molecule has 0 saturated heterocycles. The largest absolute Gasteiger partial charge is 0.391 e. The molecule has 1 rings (SSSR count). The number of hydrogen-bond donors (Lipinski definition) is 2. The molecule has 94 valence electrons. The third-order valence-electron chi connectivity index (χ3n) is 2.32. The van der Waals surface area contributed by atoms with Gasteiger partial charge in [-0.05, 0) is 12.5 Å². The monoisotopic (exact) mass is 258 g/mol. The van der Waals surface area contributed by atoms with Crippen molar-refractivity contribution in [2.75, 3.05) is 11.9 Å². The fourth-order valence-electron chi connectivity index (χ4n) is 1.50. The Hall–Kier alpha value is -1.33. The number of anilines is 1. The molecule has 0 fully saturated rings. The lowest BCUT2D eigenvalue weighted by molar-refractivity contribution is -0.383. The van der Waals surface area contributed by atoms with Gasteiger partial charge in [-0.15, -0.1) is 0 Å². The summed E-state index contributed by atoms with van der Waals surface area (Å²) in [4.78, 5) is 10.3. The number of nitrogens with one attached hydrogen (secondary N) is 1. The first-order valence-corrected chi connectivity index (χ1v) is 5.79. The van der Waals surface area contributed by atoms with Crippen LogP contribution >= 0.6 is 11.6 Å². The van der Waals surface area contributed by atoms with Crippen LogP contribution in [0.3, 0.4) is 0 Å². The van der Waals surface area contributed by atoms with Gasteiger partial charge in [0.25, 0.3) is 5.69 Å². The zero-order valence-corrected chi connectivity index (χ0v) is 10.3. The molecule has 2 N–H and O–H groups in total. The second kappa shape index (κ2) is 6.42. The smallest absolute Gasteiger partial charge is 0.293 e. The van der Waals surface area contributed by atoms with E-state index in [4.69, 9.17) is 11.6 Å². The van der Waals surface area contributed by atoms with Gasteiger partial charge in [-0.2, -0.15) is 0 Å². The molecule has 0 heterocycles. The molecule has 0 amide bonds. The van der Waals surface area contributed by atoms with Crippen LogP contribution in [0.1, 0.15) is 19.8 Å². The van der Waals surface area contributed by atoms with Crippen LogP contribution < -0.4 is 5.32 Å². The Morgan fingerprint density at radius 1 is 1.59 bits per heavy atom. The molecule has 0 radical (unpaired) electrons. The number of nitrogens with zero attached hydrogens (tertiary/aromatic N) is 1. The summed E-state index contributed by atoms with van der Waals surface area (Å²) in [5.74, 6) is 0. The van der Waals surface area contributed by atoms with Gasteiger partial charge in [0.2, 0.25) is 0 Å². The third kappa shape index (κ3) is 3.87. The second-order valence-electron chi connectivity index (χ2n) is 3.71. The van der Waals surface area contributed by atoms with Crippen molar-refractivity contribution in [1.82, 2.24) is 0 Å². The van der Waals surface area contributed by atoms with Crippen LogP contribution in [-0.4, -0.2) is 22.7 Å². The molecule has 1 atom stereocenters. The van der Waals surface area contributed by atoms with E-state index in [1.165, 1.54) is 12.1 Å². The predicted octanol–water partition coefficient (Wildman–Crippen LogP) is 2.82. The van der Waals surface area contributed by atoms with E-state index in [1.807, 2.05) is 6.92 Å². The van der Waals surface area contributed by atoms with E-state index in [0.29, 0.717) is 6.42 Å². The molecular formula is C11H15ClN2O3. The fourth-order valence-corrected chi connectivity index (χ4v) is 1.73. The normalized spacial score (nSPS) is 12.2. The van der Waals surface area contributed by atoms with Crippen LogP contribution in [0.15, 0.2) is 18.2 Å². The summed E-state index contributed by atoms with van der Waals surface area (Å²) in [7, 11) is 0. The number of para-hydroxylation sites is 1. The molecule has 0 aliphatic carbocycles. The summed E-state index contributed by atoms with van der Waals surface area (Å²) in [6, 6.07) is 4.47. The lowest BCUT2D eigenvalue weighted by Gasteiger charge is -2.12. The molecule has 0 aliphatic heterocycles. The first-order valence-electron chi connectivity index (χ1n) is 5.41. The molecule has 1 aromatic carbocycles. The van der Waals surface area contributed by atoms with Gasteiger partial charge >= 0.3 is 0 Å². The lowest BCUT2D eigenvalue weighted by atomic mass is 10.2. The highest BCUT2D eigenvalue weighted by Gasteiger charge is 2.16. The maximum absolute atomic E-state index is 10.8. The minimum absolute atomic E-state index is 0.0822. The zero-order chi connectivity index (χ0) is 12.8. The van der Waals surface area contributed by atoms with E-state index in [0.717, 1.165) is 6.42 Å². The van der Waals surface area contributed by atoms with Crippen molar-refractivity contribution >= 4 is 23.0 Å². The molecule has 1 aromatic rings. The summed E-state index contributed by atoms with van der Waals surface area (Å²) >= 11 is 5.89. The van der Waals surface area contributed by atoms with Gasteiger partial charge in [0, 0.05) is 12.6 Å². The van der Waals surface area contributed by atoms with Crippen molar-refractivity contribution < 1.29 is 10.0 Å². The SMILES string of the molecule is CCCC(O)CNc1c(Cl)cccc1[N+](=O)[O-]. The molecule has 0 aromatic heterocycles. The van der Waals surface area contributed by atoms with Crippen molar-refractivity contribution in [3.05, 3.63) is 33.3 Å². The minimum Gasteiger partial charge on any atom is -0.391 e. The van der Waals surface area contributed by atoms with Gasteiger partial charge in [0.05, 0.1) is 16.0 Å². The van der Waals surface area contributed by atoms with Gasteiger partial charge in [0.15, 0.2) is 0 Å². The number of aliphatic hydroxyl groups excluding tert-OH is 1. The summed E-state index contributed by atoms with van der Waals surface area (Å²) in [6.07, 6.45) is 0.967. The highest BCUT2D eigenvalue weighted by atomic mass is 35.5.